The quantitative estimate of drug-likeness (QED) is 0.941. The molecule has 1 unspecified atom stereocenters. The van der Waals surface area contributed by atoms with Crippen molar-refractivity contribution in [1.29, 1.82) is 0 Å². The molecule has 24 heavy (non-hydrogen) atoms. The van der Waals surface area contributed by atoms with Crippen LogP contribution in [-0.4, -0.2) is 52.2 Å². The van der Waals surface area contributed by atoms with Crippen molar-refractivity contribution in [2.24, 2.45) is 0 Å². The lowest BCUT2D eigenvalue weighted by Gasteiger charge is -2.32. The summed E-state index contributed by atoms with van der Waals surface area (Å²) in [6.45, 7) is 3.65. The number of hydrogen-bond donors (Lipinski definition) is 1. The van der Waals surface area contributed by atoms with Gasteiger partial charge in [-0.05, 0) is 43.9 Å². The molecular weight excluding hydrogens is 302 g/mol. The first kappa shape index (κ1) is 15.2. The van der Waals surface area contributed by atoms with E-state index in [0.29, 0.717) is 5.92 Å². The van der Waals surface area contributed by atoms with Crippen LogP contribution >= 0.6 is 0 Å². The molecule has 126 valence electrons. The van der Waals surface area contributed by atoms with Crippen LogP contribution in [0.4, 0.5) is 5.82 Å². The number of nitrogens with zero attached hydrogens (tertiary/aromatic N) is 4. The number of anilines is 1. The summed E-state index contributed by atoms with van der Waals surface area (Å²) in [7, 11) is 0. The lowest BCUT2D eigenvalue weighted by atomic mass is 9.94. The molecule has 0 aliphatic carbocycles. The predicted molar refractivity (Wildman–Crippen MR) is 92.2 cm³/mol. The molecule has 1 atom stereocenters. The van der Waals surface area contributed by atoms with Crippen LogP contribution < -0.4 is 4.90 Å². The van der Waals surface area contributed by atoms with Crippen LogP contribution in [-0.2, 0) is 0 Å². The molecule has 0 aromatic carbocycles. The van der Waals surface area contributed by atoms with E-state index in [9.17, 15) is 4.79 Å². The van der Waals surface area contributed by atoms with Gasteiger partial charge in [0.1, 0.15) is 5.82 Å². The number of carbonyl (C=O) groups excluding carboxylic acids is 1. The number of amides is 1. The van der Waals surface area contributed by atoms with Gasteiger partial charge in [0, 0.05) is 55.7 Å². The number of pyridine rings is 1. The van der Waals surface area contributed by atoms with E-state index >= 15 is 0 Å². The van der Waals surface area contributed by atoms with Crippen molar-refractivity contribution in [1.82, 2.24) is 20.1 Å². The van der Waals surface area contributed by atoms with Gasteiger partial charge in [-0.2, -0.15) is 5.10 Å². The van der Waals surface area contributed by atoms with E-state index < -0.39 is 0 Å². The number of likely N-dealkylation sites (tertiary alicyclic amines) is 1. The summed E-state index contributed by atoms with van der Waals surface area (Å²) < 4.78 is 0. The van der Waals surface area contributed by atoms with Gasteiger partial charge in [-0.15, -0.1) is 0 Å². The van der Waals surface area contributed by atoms with Crippen LogP contribution in [0.2, 0.25) is 0 Å². The Morgan fingerprint density at radius 3 is 2.79 bits per heavy atom. The Bertz CT molecular complexity index is 693. The highest BCUT2D eigenvalue weighted by Crippen LogP contribution is 2.27. The normalized spacial score (nSPS) is 21.2. The molecule has 4 rings (SSSR count). The summed E-state index contributed by atoms with van der Waals surface area (Å²) in [6.07, 6.45) is 8.08. The average molecular weight is 325 g/mol. The number of H-pyrrole nitrogens is 1. The molecule has 6 heteroatoms. The molecule has 0 radical (unpaired) electrons. The monoisotopic (exact) mass is 325 g/mol. The molecule has 2 fully saturated rings. The zero-order chi connectivity index (χ0) is 16.4. The van der Waals surface area contributed by atoms with Gasteiger partial charge >= 0.3 is 0 Å². The number of aromatic nitrogens is 3. The van der Waals surface area contributed by atoms with Crippen molar-refractivity contribution in [3.8, 4) is 0 Å². The Kier molecular flexibility index (Phi) is 4.19. The third-order valence-electron chi connectivity index (χ3n) is 5.09. The number of nitrogens with one attached hydrogen (secondary N) is 1. The minimum atomic E-state index is 0.113. The highest BCUT2D eigenvalue weighted by molar-refractivity contribution is 5.95. The summed E-state index contributed by atoms with van der Waals surface area (Å²) in [4.78, 5) is 21.6. The highest BCUT2D eigenvalue weighted by atomic mass is 16.2. The lowest BCUT2D eigenvalue weighted by Crippen LogP contribution is -2.39. The summed E-state index contributed by atoms with van der Waals surface area (Å²) in [6, 6.07) is 5.80. The SMILES string of the molecule is O=C(c1ccnc(N2CCCC2)c1)N1CCCC(c2ccn[nH]2)C1. The van der Waals surface area contributed by atoms with Crippen molar-refractivity contribution in [2.45, 2.75) is 31.6 Å². The number of aromatic amines is 1. The summed E-state index contributed by atoms with van der Waals surface area (Å²) in [5.74, 6) is 1.40. The fraction of sp³-hybridized carbons (Fsp3) is 0.500. The zero-order valence-corrected chi connectivity index (χ0v) is 13.8. The fourth-order valence-electron chi connectivity index (χ4n) is 3.76. The van der Waals surface area contributed by atoms with E-state index in [4.69, 9.17) is 0 Å². The first-order valence-electron chi connectivity index (χ1n) is 8.81. The number of hydrogen-bond acceptors (Lipinski definition) is 4. The van der Waals surface area contributed by atoms with Gasteiger partial charge in [0.2, 0.25) is 0 Å². The van der Waals surface area contributed by atoms with Crippen molar-refractivity contribution in [2.75, 3.05) is 31.1 Å². The van der Waals surface area contributed by atoms with Gasteiger partial charge in [-0.1, -0.05) is 0 Å². The minimum Gasteiger partial charge on any atom is -0.357 e. The first-order valence-corrected chi connectivity index (χ1v) is 8.81. The topological polar surface area (TPSA) is 65.1 Å². The molecule has 4 heterocycles. The maximum Gasteiger partial charge on any atom is 0.254 e. The fourth-order valence-corrected chi connectivity index (χ4v) is 3.76. The van der Waals surface area contributed by atoms with E-state index in [-0.39, 0.29) is 5.91 Å². The van der Waals surface area contributed by atoms with Gasteiger partial charge in [-0.25, -0.2) is 4.98 Å². The van der Waals surface area contributed by atoms with E-state index in [2.05, 4.69) is 20.1 Å². The van der Waals surface area contributed by atoms with Crippen LogP contribution in [0.25, 0.3) is 0 Å². The molecule has 0 bridgehead atoms. The molecule has 2 aromatic rings. The number of piperidine rings is 1. The van der Waals surface area contributed by atoms with Gasteiger partial charge in [0.05, 0.1) is 0 Å². The second kappa shape index (κ2) is 6.63. The molecule has 2 aliphatic rings. The van der Waals surface area contributed by atoms with E-state index in [1.54, 1.807) is 12.4 Å². The smallest absolute Gasteiger partial charge is 0.254 e. The maximum absolute atomic E-state index is 12.9. The van der Waals surface area contributed by atoms with Crippen molar-refractivity contribution < 1.29 is 4.79 Å². The van der Waals surface area contributed by atoms with E-state index in [0.717, 1.165) is 56.1 Å². The predicted octanol–water partition coefficient (Wildman–Crippen LogP) is 2.42. The molecule has 0 saturated carbocycles. The standard InChI is InChI=1S/C18H23N5O/c24-18(14-5-7-19-17(12-14)22-9-1-2-10-22)23-11-3-4-15(13-23)16-6-8-20-21-16/h5-8,12,15H,1-4,9-11,13H2,(H,20,21). The highest BCUT2D eigenvalue weighted by Gasteiger charge is 2.26. The third kappa shape index (κ3) is 3.00. The minimum absolute atomic E-state index is 0.113. The van der Waals surface area contributed by atoms with Gasteiger partial charge in [0.15, 0.2) is 0 Å². The van der Waals surface area contributed by atoms with Crippen LogP contribution in [0, 0.1) is 0 Å². The molecule has 6 nitrogen and oxygen atoms in total. The Labute approximate surface area is 141 Å². The van der Waals surface area contributed by atoms with Gasteiger partial charge < -0.3 is 9.80 Å². The maximum atomic E-state index is 12.9. The summed E-state index contributed by atoms with van der Waals surface area (Å²) in [5.41, 5.74) is 1.87. The summed E-state index contributed by atoms with van der Waals surface area (Å²) >= 11 is 0. The van der Waals surface area contributed by atoms with E-state index in [1.165, 1.54) is 12.8 Å². The second-order valence-corrected chi connectivity index (χ2v) is 6.70. The number of carbonyl (C=O) groups is 1. The average Bonchev–Trinajstić information content (AvgIpc) is 3.35. The Morgan fingerprint density at radius 2 is 2.00 bits per heavy atom. The van der Waals surface area contributed by atoms with Crippen molar-refractivity contribution >= 4 is 11.7 Å². The second-order valence-electron chi connectivity index (χ2n) is 6.70. The molecule has 1 amide bonds. The zero-order valence-electron chi connectivity index (χ0n) is 13.8. The molecular formula is C18H23N5O. The lowest BCUT2D eigenvalue weighted by molar-refractivity contribution is 0.0706. The van der Waals surface area contributed by atoms with Gasteiger partial charge in [-0.3, -0.25) is 9.89 Å². The van der Waals surface area contributed by atoms with Crippen LogP contribution in [0.1, 0.15) is 47.7 Å². The summed E-state index contributed by atoms with van der Waals surface area (Å²) in [5, 5.41) is 7.09. The van der Waals surface area contributed by atoms with Crippen LogP contribution in [0.3, 0.4) is 0 Å². The largest absolute Gasteiger partial charge is 0.357 e. The number of rotatable bonds is 3. The molecule has 1 N–H and O–H groups in total. The van der Waals surface area contributed by atoms with Crippen molar-refractivity contribution in [3.05, 3.63) is 41.9 Å². The Balaban J connectivity index is 1.49. The molecule has 2 aromatic heterocycles. The molecule has 0 spiro atoms. The van der Waals surface area contributed by atoms with Crippen molar-refractivity contribution in [3.63, 3.8) is 0 Å². The molecule has 2 aliphatic heterocycles. The Hall–Kier alpha value is -2.37. The Morgan fingerprint density at radius 1 is 1.12 bits per heavy atom. The first-order chi connectivity index (χ1) is 11.8. The van der Waals surface area contributed by atoms with E-state index in [1.807, 2.05) is 23.1 Å². The van der Waals surface area contributed by atoms with Crippen LogP contribution in [0.15, 0.2) is 30.6 Å². The third-order valence-corrected chi connectivity index (χ3v) is 5.09. The van der Waals surface area contributed by atoms with Crippen LogP contribution in [0.5, 0.6) is 0 Å². The van der Waals surface area contributed by atoms with Gasteiger partial charge in [0.25, 0.3) is 5.91 Å². The molecule has 2 saturated heterocycles.